The Hall–Kier alpha value is -1.25. The van der Waals surface area contributed by atoms with E-state index in [1.54, 1.807) is 23.9 Å². The Balaban J connectivity index is 0.000000791. The first-order chi connectivity index (χ1) is 6.61. The fourth-order valence-corrected chi connectivity index (χ4v) is 1.02. The van der Waals surface area contributed by atoms with E-state index in [0.29, 0.717) is 11.7 Å². The van der Waals surface area contributed by atoms with E-state index in [2.05, 4.69) is 5.32 Å². The molecule has 0 aliphatic carbocycles. The normalized spacial score (nSPS) is 9.29. The molecule has 0 atom stereocenters. The lowest BCUT2D eigenvalue weighted by atomic mass is 10.3. The van der Waals surface area contributed by atoms with E-state index in [4.69, 9.17) is 0 Å². The fourth-order valence-electron chi connectivity index (χ4n) is 1.02. The lowest BCUT2D eigenvalue weighted by Gasteiger charge is -2.09. The van der Waals surface area contributed by atoms with Gasteiger partial charge < -0.3 is 9.88 Å². The molecule has 0 saturated heterocycles. The van der Waals surface area contributed by atoms with Crippen LogP contribution in [0.5, 0.6) is 0 Å². The molecule has 3 nitrogen and oxygen atoms in total. The molecule has 1 aromatic heterocycles. The van der Waals surface area contributed by atoms with E-state index in [1.807, 2.05) is 33.8 Å². The molecule has 0 fully saturated rings. The first kappa shape index (κ1) is 12.8. The van der Waals surface area contributed by atoms with Crippen molar-refractivity contribution < 1.29 is 0 Å². The minimum absolute atomic E-state index is 0.0196. The highest BCUT2D eigenvalue weighted by Gasteiger charge is 2.00. The molecule has 1 N–H and O–H groups in total. The highest BCUT2D eigenvalue weighted by molar-refractivity contribution is 5.40. The van der Waals surface area contributed by atoms with Crippen LogP contribution in [0.1, 0.15) is 27.7 Å². The quantitative estimate of drug-likeness (QED) is 0.787. The molecular weight excluding hydrogens is 176 g/mol. The predicted octanol–water partition coefficient (Wildman–Crippen LogP) is 2.23. The molecule has 80 valence electrons. The molecule has 0 spiro atoms. The molecule has 0 radical (unpaired) electrons. The van der Waals surface area contributed by atoms with Gasteiger partial charge in [-0.1, -0.05) is 13.8 Å². The number of pyridine rings is 1. The van der Waals surface area contributed by atoms with Crippen LogP contribution in [0.15, 0.2) is 23.1 Å². The average Bonchev–Trinajstić information content (AvgIpc) is 2.16. The van der Waals surface area contributed by atoms with Gasteiger partial charge in [-0.3, -0.25) is 4.79 Å². The summed E-state index contributed by atoms with van der Waals surface area (Å²) in [6.45, 7) is 8.01. The lowest BCUT2D eigenvalue weighted by molar-refractivity contribution is 0.840. The van der Waals surface area contributed by atoms with Gasteiger partial charge in [-0.05, 0) is 26.0 Å². The van der Waals surface area contributed by atoms with Crippen LogP contribution in [0.4, 0.5) is 5.69 Å². The smallest absolute Gasteiger partial charge is 0.273 e. The van der Waals surface area contributed by atoms with E-state index >= 15 is 0 Å². The maximum absolute atomic E-state index is 11.4. The molecule has 1 rings (SSSR count). The Bertz CT molecular complexity index is 315. The van der Waals surface area contributed by atoms with Gasteiger partial charge in [0.2, 0.25) is 0 Å². The SMILES string of the molecule is CC.CC(C)Nc1cccn(C)c1=O. The second-order valence-corrected chi connectivity index (χ2v) is 3.14. The summed E-state index contributed by atoms with van der Waals surface area (Å²) in [4.78, 5) is 11.4. The monoisotopic (exact) mass is 196 g/mol. The van der Waals surface area contributed by atoms with Crippen molar-refractivity contribution in [1.29, 1.82) is 0 Å². The van der Waals surface area contributed by atoms with Crippen molar-refractivity contribution in [2.45, 2.75) is 33.7 Å². The molecule has 0 aliphatic rings. The van der Waals surface area contributed by atoms with Gasteiger partial charge in [0, 0.05) is 19.3 Å². The molecule has 0 amide bonds. The fraction of sp³-hybridized carbons (Fsp3) is 0.545. The second-order valence-electron chi connectivity index (χ2n) is 3.14. The largest absolute Gasteiger partial charge is 0.378 e. The van der Waals surface area contributed by atoms with Crippen molar-refractivity contribution in [2.75, 3.05) is 5.32 Å². The average molecular weight is 196 g/mol. The van der Waals surface area contributed by atoms with Gasteiger partial charge in [0.15, 0.2) is 0 Å². The van der Waals surface area contributed by atoms with Crippen molar-refractivity contribution in [1.82, 2.24) is 4.57 Å². The Kier molecular flexibility index (Phi) is 5.68. The summed E-state index contributed by atoms with van der Waals surface area (Å²) in [7, 11) is 1.74. The van der Waals surface area contributed by atoms with Gasteiger partial charge in [0.25, 0.3) is 5.56 Å². The van der Waals surface area contributed by atoms with E-state index in [1.165, 1.54) is 0 Å². The molecule has 3 heteroatoms. The standard InChI is InChI=1S/C9H14N2O.C2H6/c1-7(2)10-8-5-4-6-11(3)9(8)12;1-2/h4-7,10H,1-3H3;1-2H3. The maximum atomic E-state index is 11.4. The number of rotatable bonds is 2. The van der Waals surface area contributed by atoms with Crippen LogP contribution in [0.3, 0.4) is 0 Å². The van der Waals surface area contributed by atoms with Gasteiger partial charge in [-0.15, -0.1) is 0 Å². The lowest BCUT2D eigenvalue weighted by Crippen LogP contribution is -2.23. The molecule has 14 heavy (non-hydrogen) atoms. The van der Waals surface area contributed by atoms with E-state index in [9.17, 15) is 4.79 Å². The van der Waals surface area contributed by atoms with E-state index in [-0.39, 0.29) is 5.56 Å². The molecule has 0 aliphatic heterocycles. The predicted molar refractivity (Wildman–Crippen MR) is 61.8 cm³/mol. The summed E-state index contributed by atoms with van der Waals surface area (Å²) in [6, 6.07) is 3.94. The second kappa shape index (κ2) is 6.24. The molecule has 0 unspecified atom stereocenters. The molecule has 0 aromatic carbocycles. The molecular formula is C11H20N2O. The maximum Gasteiger partial charge on any atom is 0.273 e. The zero-order chi connectivity index (χ0) is 11.1. The number of aromatic nitrogens is 1. The molecule has 1 aromatic rings. The third-order valence-corrected chi connectivity index (χ3v) is 1.57. The summed E-state index contributed by atoms with van der Waals surface area (Å²) in [5.74, 6) is 0. The van der Waals surface area contributed by atoms with Crippen molar-refractivity contribution in [2.24, 2.45) is 7.05 Å². The third kappa shape index (κ3) is 3.64. The summed E-state index contributed by atoms with van der Waals surface area (Å²) >= 11 is 0. The minimum atomic E-state index is 0.0196. The van der Waals surface area contributed by atoms with Crippen LogP contribution in [0, 0.1) is 0 Å². The number of aryl methyl sites for hydroxylation is 1. The van der Waals surface area contributed by atoms with Gasteiger partial charge in [0.05, 0.1) is 0 Å². The zero-order valence-corrected chi connectivity index (χ0v) is 9.66. The van der Waals surface area contributed by atoms with Gasteiger partial charge in [0.1, 0.15) is 5.69 Å². The van der Waals surface area contributed by atoms with Crippen LogP contribution in [-0.4, -0.2) is 10.6 Å². The van der Waals surface area contributed by atoms with E-state index < -0.39 is 0 Å². The summed E-state index contributed by atoms with van der Waals surface area (Å²) in [5, 5.41) is 3.08. The van der Waals surface area contributed by atoms with Gasteiger partial charge in [-0.2, -0.15) is 0 Å². The van der Waals surface area contributed by atoms with Crippen LogP contribution >= 0.6 is 0 Å². The van der Waals surface area contributed by atoms with Crippen molar-refractivity contribution in [3.05, 3.63) is 28.7 Å². The Morgan fingerprint density at radius 1 is 1.36 bits per heavy atom. The van der Waals surface area contributed by atoms with Crippen LogP contribution < -0.4 is 10.9 Å². The van der Waals surface area contributed by atoms with Crippen LogP contribution in [0.2, 0.25) is 0 Å². The van der Waals surface area contributed by atoms with E-state index in [0.717, 1.165) is 0 Å². The summed E-state index contributed by atoms with van der Waals surface area (Å²) in [6.07, 6.45) is 1.74. The minimum Gasteiger partial charge on any atom is -0.378 e. The number of anilines is 1. The Morgan fingerprint density at radius 3 is 2.43 bits per heavy atom. The molecule has 0 saturated carbocycles. The highest BCUT2D eigenvalue weighted by Crippen LogP contribution is 1.99. The Labute approximate surface area is 85.8 Å². The third-order valence-electron chi connectivity index (χ3n) is 1.57. The molecule has 1 heterocycles. The van der Waals surface area contributed by atoms with Crippen LogP contribution in [0.25, 0.3) is 0 Å². The van der Waals surface area contributed by atoms with Crippen molar-refractivity contribution in [3.63, 3.8) is 0 Å². The Morgan fingerprint density at radius 2 is 1.93 bits per heavy atom. The number of hydrogen-bond acceptors (Lipinski definition) is 2. The van der Waals surface area contributed by atoms with Gasteiger partial charge >= 0.3 is 0 Å². The summed E-state index contributed by atoms with van der Waals surface area (Å²) in [5.41, 5.74) is 0.682. The number of hydrogen-bond donors (Lipinski definition) is 1. The highest BCUT2D eigenvalue weighted by atomic mass is 16.1. The first-order valence-electron chi connectivity index (χ1n) is 5.03. The van der Waals surface area contributed by atoms with Crippen molar-refractivity contribution >= 4 is 5.69 Å². The number of nitrogens with one attached hydrogen (secondary N) is 1. The zero-order valence-electron chi connectivity index (χ0n) is 9.66. The summed E-state index contributed by atoms with van der Waals surface area (Å²) < 4.78 is 1.56. The molecule has 0 bridgehead atoms. The van der Waals surface area contributed by atoms with Gasteiger partial charge in [-0.25, -0.2) is 0 Å². The topological polar surface area (TPSA) is 34.0 Å². The first-order valence-corrected chi connectivity index (χ1v) is 5.03. The number of nitrogens with zero attached hydrogens (tertiary/aromatic N) is 1. The van der Waals surface area contributed by atoms with Crippen molar-refractivity contribution in [3.8, 4) is 0 Å². The van der Waals surface area contributed by atoms with Crippen LogP contribution in [-0.2, 0) is 7.05 Å².